The quantitative estimate of drug-likeness (QED) is 0.869. The van der Waals surface area contributed by atoms with Gasteiger partial charge in [0.25, 0.3) is 0 Å². The third-order valence-electron chi connectivity index (χ3n) is 2.10. The number of aryl methyl sites for hydroxylation is 1. The summed E-state index contributed by atoms with van der Waals surface area (Å²) in [4.78, 5) is 13.8. The largest absolute Gasteiger partial charge is 0.468 e. The number of rotatable bonds is 4. The van der Waals surface area contributed by atoms with E-state index in [9.17, 15) is 4.79 Å². The molecule has 0 radical (unpaired) electrons. The first-order valence-corrected chi connectivity index (χ1v) is 6.66. The van der Waals surface area contributed by atoms with Crippen LogP contribution in [0.3, 0.4) is 0 Å². The molecule has 0 aliphatic rings. The van der Waals surface area contributed by atoms with Crippen LogP contribution in [-0.4, -0.2) is 19.1 Å². The van der Waals surface area contributed by atoms with Crippen LogP contribution in [0.4, 0.5) is 0 Å². The Morgan fingerprint density at radius 3 is 2.56 bits per heavy atom. The van der Waals surface area contributed by atoms with Crippen LogP contribution in [0.1, 0.15) is 29.6 Å². The summed E-state index contributed by atoms with van der Waals surface area (Å²) in [5.41, 5.74) is 0. The lowest BCUT2D eigenvalue weighted by atomic mass is 10.2. The van der Waals surface area contributed by atoms with Crippen LogP contribution in [0.2, 0.25) is 0 Å². The monoisotopic (exact) mass is 305 g/mol. The van der Waals surface area contributed by atoms with Crippen molar-refractivity contribution in [2.75, 3.05) is 7.11 Å². The molecule has 0 aromatic carbocycles. The Balaban J connectivity index is 2.96. The van der Waals surface area contributed by atoms with E-state index in [0.717, 1.165) is 14.2 Å². The van der Waals surface area contributed by atoms with Crippen molar-refractivity contribution in [3.05, 3.63) is 20.3 Å². The molecule has 0 amide bonds. The highest BCUT2D eigenvalue weighted by molar-refractivity contribution is 9.10. The molecule has 16 heavy (non-hydrogen) atoms. The van der Waals surface area contributed by atoms with Crippen LogP contribution in [-0.2, 0) is 9.53 Å². The smallest absolute Gasteiger partial charge is 0.328 e. The van der Waals surface area contributed by atoms with Crippen molar-refractivity contribution >= 4 is 33.2 Å². The number of halogens is 1. The zero-order valence-corrected chi connectivity index (χ0v) is 12.2. The Hall–Kier alpha value is -0.390. The molecule has 1 unspecified atom stereocenters. The lowest BCUT2D eigenvalue weighted by Crippen LogP contribution is -2.33. The van der Waals surface area contributed by atoms with Crippen molar-refractivity contribution in [1.29, 1.82) is 0 Å². The SMILES string of the molecule is COC(=O)C(NC(C)C)c1cc(Br)c(C)s1. The number of ether oxygens (including phenoxy) is 1. The number of methoxy groups -OCH3 is 1. The Morgan fingerprint density at radius 1 is 1.56 bits per heavy atom. The van der Waals surface area contributed by atoms with E-state index >= 15 is 0 Å². The van der Waals surface area contributed by atoms with E-state index < -0.39 is 0 Å². The number of hydrogen-bond donors (Lipinski definition) is 1. The molecule has 5 heteroatoms. The number of hydrogen-bond acceptors (Lipinski definition) is 4. The summed E-state index contributed by atoms with van der Waals surface area (Å²) >= 11 is 5.05. The third-order valence-corrected chi connectivity index (χ3v) is 4.30. The number of carbonyl (C=O) groups excluding carboxylic acids is 1. The van der Waals surface area contributed by atoms with E-state index in [1.54, 1.807) is 11.3 Å². The van der Waals surface area contributed by atoms with Crippen LogP contribution in [0.25, 0.3) is 0 Å². The molecular weight excluding hydrogens is 290 g/mol. The van der Waals surface area contributed by atoms with E-state index in [1.165, 1.54) is 7.11 Å². The van der Waals surface area contributed by atoms with Gasteiger partial charge in [-0.05, 0) is 42.8 Å². The van der Waals surface area contributed by atoms with Gasteiger partial charge in [-0.1, -0.05) is 0 Å². The molecule has 3 nitrogen and oxygen atoms in total. The topological polar surface area (TPSA) is 38.3 Å². The van der Waals surface area contributed by atoms with Gasteiger partial charge >= 0.3 is 5.97 Å². The molecule has 0 aliphatic heterocycles. The minimum absolute atomic E-state index is 0.227. The van der Waals surface area contributed by atoms with Crippen molar-refractivity contribution in [1.82, 2.24) is 5.32 Å². The first kappa shape index (κ1) is 13.7. The molecule has 0 aliphatic carbocycles. The fourth-order valence-corrected chi connectivity index (χ4v) is 2.95. The Bertz CT molecular complexity index is 357. The highest BCUT2D eigenvalue weighted by Crippen LogP contribution is 2.31. The van der Waals surface area contributed by atoms with E-state index in [0.29, 0.717) is 0 Å². The van der Waals surface area contributed by atoms with Gasteiger partial charge in [0.1, 0.15) is 6.04 Å². The summed E-state index contributed by atoms with van der Waals surface area (Å²) in [5.74, 6) is -0.248. The highest BCUT2D eigenvalue weighted by Gasteiger charge is 2.24. The molecular formula is C11H16BrNO2S. The van der Waals surface area contributed by atoms with E-state index in [-0.39, 0.29) is 18.1 Å². The van der Waals surface area contributed by atoms with Gasteiger partial charge < -0.3 is 4.74 Å². The summed E-state index contributed by atoms with van der Waals surface area (Å²) in [6, 6.07) is 1.82. The molecule has 1 rings (SSSR count). The van der Waals surface area contributed by atoms with E-state index in [4.69, 9.17) is 4.74 Å². The molecule has 0 saturated carbocycles. The van der Waals surface area contributed by atoms with Crippen molar-refractivity contribution in [3.63, 3.8) is 0 Å². The number of esters is 1. The predicted molar refractivity (Wildman–Crippen MR) is 69.8 cm³/mol. The first-order chi connectivity index (χ1) is 7.45. The molecule has 1 aromatic heterocycles. The molecule has 1 N–H and O–H groups in total. The molecule has 90 valence electrons. The fraction of sp³-hybridized carbons (Fsp3) is 0.545. The summed E-state index contributed by atoms with van der Waals surface area (Å²) in [5, 5.41) is 3.20. The van der Waals surface area contributed by atoms with Gasteiger partial charge in [0.2, 0.25) is 0 Å². The Morgan fingerprint density at radius 2 is 2.19 bits per heavy atom. The van der Waals surface area contributed by atoms with Gasteiger partial charge in [-0.2, -0.15) is 0 Å². The second kappa shape index (κ2) is 5.80. The first-order valence-electron chi connectivity index (χ1n) is 5.05. The minimum Gasteiger partial charge on any atom is -0.468 e. The molecule has 1 atom stereocenters. The van der Waals surface area contributed by atoms with Gasteiger partial charge in [-0.25, -0.2) is 4.79 Å². The Labute approximate surface area is 108 Å². The van der Waals surface area contributed by atoms with Gasteiger partial charge in [0.15, 0.2) is 0 Å². The third kappa shape index (κ3) is 3.30. The number of carbonyl (C=O) groups is 1. The zero-order valence-electron chi connectivity index (χ0n) is 9.83. The van der Waals surface area contributed by atoms with Crippen molar-refractivity contribution in [2.24, 2.45) is 0 Å². The van der Waals surface area contributed by atoms with Crippen LogP contribution in [0.5, 0.6) is 0 Å². The lowest BCUT2D eigenvalue weighted by Gasteiger charge is -2.17. The molecule has 1 heterocycles. The second-order valence-electron chi connectivity index (χ2n) is 3.83. The lowest BCUT2D eigenvalue weighted by molar-refractivity contribution is -0.143. The minimum atomic E-state index is -0.375. The molecule has 1 aromatic rings. The van der Waals surface area contributed by atoms with Crippen LogP contribution >= 0.6 is 27.3 Å². The summed E-state index contributed by atoms with van der Waals surface area (Å²) < 4.78 is 5.84. The summed E-state index contributed by atoms with van der Waals surface area (Å²) in [6.45, 7) is 6.03. The van der Waals surface area contributed by atoms with E-state index in [1.807, 2.05) is 26.8 Å². The number of nitrogens with one attached hydrogen (secondary N) is 1. The maximum absolute atomic E-state index is 11.7. The van der Waals surface area contributed by atoms with Gasteiger partial charge in [0.05, 0.1) is 7.11 Å². The van der Waals surface area contributed by atoms with E-state index in [2.05, 4.69) is 21.2 Å². The second-order valence-corrected chi connectivity index (χ2v) is 5.97. The van der Waals surface area contributed by atoms with Crippen LogP contribution < -0.4 is 5.32 Å². The van der Waals surface area contributed by atoms with Crippen molar-refractivity contribution < 1.29 is 9.53 Å². The standard InChI is InChI=1S/C11H16BrNO2S/c1-6(2)13-10(11(14)15-4)9-5-8(12)7(3)16-9/h5-6,10,13H,1-4H3. The molecule has 0 spiro atoms. The molecule has 0 fully saturated rings. The average molecular weight is 306 g/mol. The molecule has 0 saturated heterocycles. The average Bonchev–Trinajstić information content (AvgIpc) is 2.54. The summed E-state index contributed by atoms with van der Waals surface area (Å²) in [7, 11) is 1.41. The fourth-order valence-electron chi connectivity index (χ4n) is 1.34. The van der Waals surface area contributed by atoms with Crippen LogP contribution in [0, 0.1) is 6.92 Å². The maximum Gasteiger partial charge on any atom is 0.328 e. The summed E-state index contributed by atoms with van der Waals surface area (Å²) in [6.07, 6.45) is 0. The number of thiophene rings is 1. The van der Waals surface area contributed by atoms with Crippen LogP contribution in [0.15, 0.2) is 10.5 Å². The predicted octanol–water partition coefficient (Wildman–Crippen LogP) is 3.03. The zero-order chi connectivity index (χ0) is 12.3. The van der Waals surface area contributed by atoms with Gasteiger partial charge in [0, 0.05) is 20.3 Å². The van der Waals surface area contributed by atoms with Gasteiger partial charge in [-0.3, -0.25) is 5.32 Å². The van der Waals surface area contributed by atoms with Crippen molar-refractivity contribution in [2.45, 2.75) is 32.9 Å². The Kier molecular flexibility index (Phi) is 4.95. The highest BCUT2D eigenvalue weighted by atomic mass is 79.9. The van der Waals surface area contributed by atoms with Gasteiger partial charge in [-0.15, -0.1) is 11.3 Å². The normalized spacial score (nSPS) is 12.9. The molecule has 0 bridgehead atoms. The maximum atomic E-state index is 11.7. The van der Waals surface area contributed by atoms with Crippen molar-refractivity contribution in [3.8, 4) is 0 Å².